The molecular weight excluding hydrogens is 488 g/mol. The maximum atomic E-state index is 13.4. The fraction of sp³-hybridized carbons (Fsp3) is 0.310. The van der Waals surface area contributed by atoms with Gasteiger partial charge in [-0.3, -0.25) is 4.72 Å². The van der Waals surface area contributed by atoms with E-state index in [9.17, 15) is 8.42 Å². The predicted octanol–water partition coefficient (Wildman–Crippen LogP) is 5.96. The summed E-state index contributed by atoms with van der Waals surface area (Å²) in [7, 11) is 1.05. The van der Waals surface area contributed by atoms with E-state index >= 15 is 0 Å². The first-order valence-corrected chi connectivity index (χ1v) is 13.7. The second-order valence-electron chi connectivity index (χ2n) is 9.56. The topological polar surface area (TPSA) is 85.9 Å². The lowest BCUT2D eigenvalue weighted by Crippen LogP contribution is -2.29. The average molecular weight is 521 g/mol. The molecule has 1 heterocycles. The minimum Gasteiger partial charge on any atom is -0.493 e. The van der Waals surface area contributed by atoms with Crippen molar-refractivity contribution in [1.29, 1.82) is 0 Å². The molecule has 0 spiro atoms. The van der Waals surface area contributed by atoms with E-state index in [0.717, 1.165) is 34.4 Å². The number of methoxy groups -OCH3 is 3. The van der Waals surface area contributed by atoms with Gasteiger partial charge < -0.3 is 19.5 Å². The molecule has 0 saturated heterocycles. The van der Waals surface area contributed by atoms with Gasteiger partial charge in [-0.2, -0.15) is 0 Å². The van der Waals surface area contributed by atoms with Gasteiger partial charge in [-0.25, -0.2) is 8.42 Å². The molecule has 2 N–H and O–H groups in total. The van der Waals surface area contributed by atoms with Crippen LogP contribution in [-0.4, -0.2) is 29.7 Å². The number of hydrogen-bond acceptors (Lipinski definition) is 6. The first-order chi connectivity index (χ1) is 17.8. The Hall–Kier alpha value is -3.65. The molecule has 3 aromatic carbocycles. The first-order valence-electron chi connectivity index (χ1n) is 12.2. The third kappa shape index (κ3) is 4.39. The molecule has 0 saturated carbocycles. The van der Waals surface area contributed by atoms with Crippen LogP contribution >= 0.6 is 0 Å². The highest BCUT2D eigenvalue weighted by Crippen LogP contribution is 2.52. The number of ether oxygens (including phenoxy) is 3. The Labute approximate surface area is 218 Å². The van der Waals surface area contributed by atoms with Gasteiger partial charge in [0.15, 0.2) is 11.5 Å². The second kappa shape index (κ2) is 9.67. The van der Waals surface area contributed by atoms with E-state index in [1.807, 2.05) is 50.2 Å². The molecule has 37 heavy (non-hydrogen) atoms. The number of fused-ring (bicyclic) bond motifs is 3. The Morgan fingerprint density at radius 1 is 0.919 bits per heavy atom. The highest BCUT2D eigenvalue weighted by atomic mass is 32.2. The van der Waals surface area contributed by atoms with Crippen molar-refractivity contribution in [2.24, 2.45) is 5.92 Å². The van der Waals surface area contributed by atoms with Crippen molar-refractivity contribution in [1.82, 2.24) is 0 Å². The van der Waals surface area contributed by atoms with Crippen molar-refractivity contribution in [2.75, 3.05) is 31.4 Å². The van der Waals surface area contributed by atoms with Crippen molar-refractivity contribution in [3.63, 3.8) is 0 Å². The van der Waals surface area contributed by atoms with E-state index < -0.39 is 10.0 Å². The van der Waals surface area contributed by atoms with Crippen molar-refractivity contribution in [2.45, 2.75) is 37.1 Å². The molecular formula is C29H32N2O5S. The molecule has 2 aliphatic rings. The largest absolute Gasteiger partial charge is 0.493 e. The molecule has 0 amide bonds. The lowest BCUT2D eigenvalue weighted by molar-refractivity contribution is 0.322. The van der Waals surface area contributed by atoms with Crippen LogP contribution in [0.2, 0.25) is 0 Å². The molecule has 194 valence electrons. The average Bonchev–Trinajstić information content (AvgIpc) is 3.39. The standard InChI is InChI=1S/C29H32N2O5S/c1-17-8-6-9-18(2)27(17)31-37(32,33)20-12-13-24-23(16-20)21-10-7-11-22(21)28(30-24)19-14-25(34-3)29(36-5)26(15-19)35-4/h6-10,12-16,21-22,28,30-31H,11H2,1-5H3/t21-,22+,28+/m0/s1. The van der Waals surface area contributed by atoms with E-state index in [0.29, 0.717) is 22.9 Å². The predicted molar refractivity (Wildman–Crippen MR) is 146 cm³/mol. The molecule has 5 rings (SSSR count). The van der Waals surface area contributed by atoms with Gasteiger partial charge in [0.05, 0.1) is 38.0 Å². The van der Waals surface area contributed by atoms with E-state index in [1.54, 1.807) is 33.5 Å². The van der Waals surface area contributed by atoms with Crippen LogP contribution in [0.4, 0.5) is 11.4 Å². The Kier molecular flexibility index (Phi) is 6.54. The summed E-state index contributed by atoms with van der Waals surface area (Å²) in [5.74, 6) is 2.05. The minimum absolute atomic E-state index is 0.0172. The van der Waals surface area contributed by atoms with Crippen molar-refractivity contribution in [3.8, 4) is 17.2 Å². The van der Waals surface area contributed by atoms with Crippen LogP contribution in [0, 0.1) is 19.8 Å². The highest BCUT2D eigenvalue weighted by Gasteiger charge is 2.39. The van der Waals surface area contributed by atoms with Crippen LogP contribution in [0.5, 0.6) is 17.2 Å². The number of benzene rings is 3. The van der Waals surface area contributed by atoms with Gasteiger partial charge in [-0.05, 0) is 78.8 Å². The van der Waals surface area contributed by atoms with Gasteiger partial charge in [0, 0.05) is 11.6 Å². The zero-order valence-electron chi connectivity index (χ0n) is 21.7. The van der Waals surface area contributed by atoms with Gasteiger partial charge in [-0.1, -0.05) is 30.4 Å². The molecule has 1 aliphatic heterocycles. The summed E-state index contributed by atoms with van der Waals surface area (Å²) < 4.78 is 46.2. The van der Waals surface area contributed by atoms with Crippen molar-refractivity contribution < 1.29 is 22.6 Å². The molecule has 0 radical (unpaired) electrons. The molecule has 3 atom stereocenters. The normalized spacial score (nSPS) is 20.0. The van der Waals surface area contributed by atoms with Crippen LogP contribution in [0.15, 0.2) is 65.6 Å². The highest BCUT2D eigenvalue weighted by molar-refractivity contribution is 7.92. The van der Waals surface area contributed by atoms with E-state index in [4.69, 9.17) is 14.2 Å². The Bertz CT molecular complexity index is 1440. The summed E-state index contributed by atoms with van der Waals surface area (Å²) in [6, 6.07) is 15.0. The van der Waals surface area contributed by atoms with E-state index in [2.05, 4.69) is 22.2 Å². The molecule has 0 fully saturated rings. The van der Waals surface area contributed by atoms with Gasteiger partial charge in [0.25, 0.3) is 10.0 Å². The zero-order valence-corrected chi connectivity index (χ0v) is 22.5. The molecule has 0 aromatic heterocycles. The van der Waals surface area contributed by atoms with Crippen LogP contribution in [-0.2, 0) is 10.0 Å². The fourth-order valence-electron chi connectivity index (χ4n) is 5.52. The minimum atomic E-state index is -3.76. The maximum Gasteiger partial charge on any atom is 0.261 e. The molecule has 7 nitrogen and oxygen atoms in total. The van der Waals surface area contributed by atoms with Gasteiger partial charge in [0.2, 0.25) is 5.75 Å². The van der Waals surface area contributed by atoms with E-state index in [1.165, 1.54) is 0 Å². The fourth-order valence-corrected chi connectivity index (χ4v) is 6.76. The molecule has 3 aromatic rings. The summed E-state index contributed by atoms with van der Waals surface area (Å²) in [6.07, 6.45) is 5.23. The molecule has 8 heteroatoms. The van der Waals surface area contributed by atoms with Crippen LogP contribution in [0.25, 0.3) is 0 Å². The Balaban J connectivity index is 1.52. The molecule has 1 aliphatic carbocycles. The third-order valence-corrected chi connectivity index (χ3v) is 8.76. The van der Waals surface area contributed by atoms with E-state index in [-0.39, 0.29) is 22.8 Å². The van der Waals surface area contributed by atoms with Crippen LogP contribution < -0.4 is 24.2 Å². The number of sulfonamides is 1. The van der Waals surface area contributed by atoms with Crippen LogP contribution in [0.1, 0.15) is 40.6 Å². The van der Waals surface area contributed by atoms with Crippen molar-refractivity contribution >= 4 is 21.4 Å². The number of nitrogens with one attached hydrogen (secondary N) is 2. The Morgan fingerprint density at radius 3 is 2.22 bits per heavy atom. The number of rotatable bonds is 7. The summed E-state index contributed by atoms with van der Waals surface area (Å²) in [6.45, 7) is 3.80. The number of para-hydroxylation sites is 1. The van der Waals surface area contributed by atoms with Gasteiger partial charge in [-0.15, -0.1) is 0 Å². The quantitative estimate of drug-likeness (QED) is 0.374. The monoisotopic (exact) mass is 520 g/mol. The van der Waals surface area contributed by atoms with Crippen LogP contribution in [0.3, 0.4) is 0 Å². The maximum absolute atomic E-state index is 13.4. The lowest BCUT2D eigenvalue weighted by Gasteiger charge is -2.38. The summed E-state index contributed by atoms with van der Waals surface area (Å²) in [4.78, 5) is 0.251. The SMILES string of the molecule is COc1cc([C@H]2Nc3ccc(S(=O)(=O)Nc4c(C)cccc4C)cc3[C@H]3C=CC[C@H]32)cc(OC)c1OC. The second-order valence-corrected chi connectivity index (χ2v) is 11.2. The number of anilines is 2. The summed E-state index contributed by atoms with van der Waals surface area (Å²) in [5.41, 5.74) is 5.31. The number of allylic oxidation sites excluding steroid dienone is 2. The zero-order chi connectivity index (χ0) is 26.3. The first kappa shape index (κ1) is 25.0. The third-order valence-electron chi connectivity index (χ3n) is 7.41. The lowest BCUT2D eigenvalue weighted by atomic mass is 9.77. The summed E-state index contributed by atoms with van der Waals surface area (Å²) >= 11 is 0. The number of hydrogen-bond donors (Lipinski definition) is 2. The van der Waals surface area contributed by atoms with Gasteiger partial charge in [0.1, 0.15) is 0 Å². The molecule has 0 unspecified atom stereocenters. The smallest absolute Gasteiger partial charge is 0.261 e. The summed E-state index contributed by atoms with van der Waals surface area (Å²) in [5, 5.41) is 3.66. The van der Waals surface area contributed by atoms with Crippen molar-refractivity contribution in [3.05, 3.63) is 82.9 Å². The number of aryl methyl sites for hydroxylation is 2. The molecule has 0 bridgehead atoms. The Morgan fingerprint density at radius 2 is 1.59 bits per heavy atom. The van der Waals surface area contributed by atoms with Gasteiger partial charge >= 0.3 is 0 Å².